The topological polar surface area (TPSA) is 108 Å². The normalized spacial score (nSPS) is 13.4. The van der Waals surface area contributed by atoms with Crippen molar-refractivity contribution in [3.8, 4) is 0 Å². The Balaban J connectivity index is 4.15. The first-order valence-corrected chi connectivity index (χ1v) is 6.85. The second-order valence-electron chi connectivity index (χ2n) is 5.06. The van der Waals surface area contributed by atoms with Gasteiger partial charge in [-0.3, -0.25) is 9.59 Å². The quantitative estimate of drug-likeness (QED) is 0.527. The lowest BCUT2D eigenvalue weighted by molar-refractivity contribution is -0.141. The van der Waals surface area contributed by atoms with Crippen molar-refractivity contribution in [2.24, 2.45) is 5.92 Å². The molecule has 3 amide bonds. The molecule has 0 bridgehead atoms. The van der Waals surface area contributed by atoms with E-state index in [1.165, 1.54) is 0 Å². The van der Waals surface area contributed by atoms with Crippen molar-refractivity contribution in [2.75, 3.05) is 6.54 Å². The van der Waals surface area contributed by atoms with Gasteiger partial charge in [-0.15, -0.1) is 0 Å². The number of carbonyl (C=O) groups excluding carboxylic acids is 2. The van der Waals surface area contributed by atoms with Crippen LogP contribution >= 0.6 is 0 Å². The average Bonchev–Trinajstić information content (AvgIpc) is 2.32. The number of nitrogens with one attached hydrogen (secondary N) is 3. The molecule has 0 aliphatic carbocycles. The Morgan fingerprint density at radius 2 is 1.70 bits per heavy atom. The Morgan fingerprint density at radius 3 is 2.15 bits per heavy atom. The predicted octanol–water partition coefficient (Wildman–Crippen LogP) is 0.700. The van der Waals surface area contributed by atoms with E-state index in [2.05, 4.69) is 16.0 Å². The highest BCUT2D eigenvalue weighted by Gasteiger charge is 2.19. The zero-order chi connectivity index (χ0) is 15.7. The zero-order valence-electron chi connectivity index (χ0n) is 12.5. The van der Waals surface area contributed by atoms with Crippen molar-refractivity contribution in [1.29, 1.82) is 0 Å². The molecule has 0 aromatic rings. The van der Waals surface area contributed by atoms with E-state index in [1.54, 1.807) is 6.92 Å². The third kappa shape index (κ3) is 7.60. The maximum absolute atomic E-state index is 11.6. The van der Waals surface area contributed by atoms with E-state index in [-0.39, 0.29) is 18.5 Å². The van der Waals surface area contributed by atoms with Gasteiger partial charge in [0, 0.05) is 12.6 Å². The molecule has 0 spiro atoms. The molecule has 7 heteroatoms. The molecule has 0 aliphatic heterocycles. The van der Waals surface area contributed by atoms with Gasteiger partial charge in [0.2, 0.25) is 5.91 Å². The van der Waals surface area contributed by atoms with Crippen LogP contribution in [0.15, 0.2) is 0 Å². The molecule has 0 heterocycles. The fourth-order valence-electron chi connectivity index (χ4n) is 1.60. The van der Waals surface area contributed by atoms with Crippen LogP contribution in [0.2, 0.25) is 0 Å². The smallest absolute Gasteiger partial charge is 0.315 e. The summed E-state index contributed by atoms with van der Waals surface area (Å²) in [4.78, 5) is 34.1. The minimum atomic E-state index is -0.933. The van der Waals surface area contributed by atoms with E-state index in [0.29, 0.717) is 6.42 Å². The van der Waals surface area contributed by atoms with Crippen LogP contribution in [0, 0.1) is 5.92 Å². The predicted molar refractivity (Wildman–Crippen MR) is 75.3 cm³/mol. The van der Waals surface area contributed by atoms with Gasteiger partial charge in [0.05, 0.1) is 5.92 Å². The van der Waals surface area contributed by atoms with Crippen molar-refractivity contribution in [2.45, 2.75) is 52.6 Å². The van der Waals surface area contributed by atoms with E-state index in [0.717, 1.165) is 6.42 Å². The second kappa shape index (κ2) is 9.17. The molecule has 0 aromatic heterocycles. The monoisotopic (exact) mass is 287 g/mol. The lowest BCUT2D eigenvalue weighted by Crippen LogP contribution is -2.50. The van der Waals surface area contributed by atoms with Gasteiger partial charge in [0.25, 0.3) is 0 Å². The molecule has 7 nitrogen and oxygen atoms in total. The Morgan fingerprint density at radius 1 is 1.10 bits per heavy atom. The van der Waals surface area contributed by atoms with Crippen molar-refractivity contribution < 1.29 is 19.5 Å². The van der Waals surface area contributed by atoms with Gasteiger partial charge < -0.3 is 21.1 Å². The molecular weight excluding hydrogens is 262 g/mol. The number of carboxylic acid groups (broad SMARTS) is 1. The number of carboxylic acids is 1. The number of carbonyl (C=O) groups is 3. The molecule has 0 aromatic carbocycles. The summed E-state index contributed by atoms with van der Waals surface area (Å²) in [5.74, 6) is -1.82. The molecule has 4 N–H and O–H groups in total. The molecule has 20 heavy (non-hydrogen) atoms. The maximum Gasteiger partial charge on any atom is 0.315 e. The number of urea groups is 1. The van der Waals surface area contributed by atoms with E-state index < -0.39 is 24.0 Å². The summed E-state index contributed by atoms with van der Waals surface area (Å²) in [6, 6.07) is -1.22. The van der Waals surface area contributed by atoms with E-state index >= 15 is 0 Å². The third-order valence-electron chi connectivity index (χ3n) is 2.67. The zero-order valence-corrected chi connectivity index (χ0v) is 12.5. The van der Waals surface area contributed by atoms with E-state index in [1.807, 2.05) is 20.8 Å². The van der Waals surface area contributed by atoms with E-state index in [9.17, 15) is 14.4 Å². The van der Waals surface area contributed by atoms with Crippen LogP contribution in [-0.2, 0) is 9.59 Å². The van der Waals surface area contributed by atoms with Gasteiger partial charge in [-0.25, -0.2) is 4.79 Å². The van der Waals surface area contributed by atoms with Crippen LogP contribution in [0.3, 0.4) is 0 Å². The van der Waals surface area contributed by atoms with Crippen LogP contribution in [0.1, 0.15) is 40.5 Å². The van der Waals surface area contributed by atoms with Gasteiger partial charge in [-0.1, -0.05) is 13.3 Å². The molecule has 0 rings (SSSR count). The summed E-state index contributed by atoms with van der Waals surface area (Å²) in [7, 11) is 0. The summed E-state index contributed by atoms with van der Waals surface area (Å²) >= 11 is 0. The summed E-state index contributed by atoms with van der Waals surface area (Å²) in [5, 5.41) is 16.6. The largest absolute Gasteiger partial charge is 0.481 e. The van der Waals surface area contributed by atoms with Crippen LogP contribution < -0.4 is 16.0 Å². The Hall–Kier alpha value is -1.79. The summed E-state index contributed by atoms with van der Waals surface area (Å²) < 4.78 is 0. The lowest BCUT2D eigenvalue weighted by Gasteiger charge is -2.17. The van der Waals surface area contributed by atoms with Crippen molar-refractivity contribution in [3.63, 3.8) is 0 Å². The summed E-state index contributed by atoms with van der Waals surface area (Å²) in [5.41, 5.74) is 0. The first kappa shape index (κ1) is 18.2. The molecular formula is C13H25N3O4. The van der Waals surface area contributed by atoms with Gasteiger partial charge >= 0.3 is 12.0 Å². The number of amides is 3. The minimum Gasteiger partial charge on any atom is -0.481 e. The Labute approximate surface area is 119 Å². The molecule has 0 saturated heterocycles. The molecule has 0 radical (unpaired) electrons. The molecule has 0 fully saturated rings. The van der Waals surface area contributed by atoms with Gasteiger partial charge in [0.1, 0.15) is 6.04 Å². The van der Waals surface area contributed by atoms with Crippen molar-refractivity contribution in [3.05, 3.63) is 0 Å². The molecule has 116 valence electrons. The van der Waals surface area contributed by atoms with Gasteiger partial charge in [0.15, 0.2) is 0 Å². The number of aliphatic carboxylic acids is 1. The fourth-order valence-corrected chi connectivity index (χ4v) is 1.60. The molecule has 0 aliphatic rings. The van der Waals surface area contributed by atoms with Gasteiger partial charge in [-0.05, 0) is 27.2 Å². The molecule has 2 atom stereocenters. The minimum absolute atomic E-state index is 0.00393. The first-order valence-electron chi connectivity index (χ1n) is 6.85. The standard InChI is InChI=1S/C13H25N3O4/c1-5-6-10(12(18)19)7-14-13(20)16-9(4)11(17)15-8(2)3/h8-10H,5-7H2,1-4H3,(H,15,17)(H,18,19)(H2,14,16,20). The first-order chi connectivity index (χ1) is 9.27. The average molecular weight is 287 g/mol. The highest BCUT2D eigenvalue weighted by atomic mass is 16.4. The highest BCUT2D eigenvalue weighted by molar-refractivity contribution is 5.86. The number of hydrogen-bond acceptors (Lipinski definition) is 3. The van der Waals surface area contributed by atoms with Gasteiger partial charge in [-0.2, -0.15) is 0 Å². The molecule has 2 unspecified atom stereocenters. The SMILES string of the molecule is CCCC(CNC(=O)NC(C)C(=O)NC(C)C)C(=O)O. The third-order valence-corrected chi connectivity index (χ3v) is 2.67. The van der Waals surface area contributed by atoms with E-state index in [4.69, 9.17) is 5.11 Å². The van der Waals surface area contributed by atoms with Crippen LogP contribution in [-0.4, -0.2) is 41.6 Å². The number of hydrogen-bond donors (Lipinski definition) is 4. The number of rotatable bonds is 8. The Kier molecular flexibility index (Phi) is 8.35. The van der Waals surface area contributed by atoms with Crippen LogP contribution in [0.5, 0.6) is 0 Å². The maximum atomic E-state index is 11.6. The summed E-state index contributed by atoms with van der Waals surface area (Å²) in [6.45, 7) is 7.15. The van der Waals surface area contributed by atoms with Crippen LogP contribution in [0.4, 0.5) is 4.79 Å². The summed E-state index contributed by atoms with van der Waals surface area (Å²) in [6.07, 6.45) is 1.23. The highest BCUT2D eigenvalue weighted by Crippen LogP contribution is 2.04. The fraction of sp³-hybridized carbons (Fsp3) is 0.769. The van der Waals surface area contributed by atoms with Crippen molar-refractivity contribution >= 4 is 17.9 Å². The van der Waals surface area contributed by atoms with Crippen molar-refractivity contribution in [1.82, 2.24) is 16.0 Å². The van der Waals surface area contributed by atoms with Crippen LogP contribution in [0.25, 0.3) is 0 Å². The second-order valence-corrected chi connectivity index (χ2v) is 5.06. The Bertz CT molecular complexity index is 345. The lowest BCUT2D eigenvalue weighted by atomic mass is 10.0. The molecule has 0 saturated carbocycles.